The maximum absolute atomic E-state index is 13.0. The van der Waals surface area contributed by atoms with Crippen molar-refractivity contribution < 1.29 is 4.79 Å². The first-order valence-corrected chi connectivity index (χ1v) is 11.2. The molecule has 1 aliphatic carbocycles. The van der Waals surface area contributed by atoms with Gasteiger partial charge >= 0.3 is 0 Å². The number of likely N-dealkylation sites (tertiary alicyclic amines) is 1. The van der Waals surface area contributed by atoms with Crippen molar-refractivity contribution >= 4 is 5.91 Å². The lowest BCUT2D eigenvalue weighted by Gasteiger charge is -2.42. The van der Waals surface area contributed by atoms with Gasteiger partial charge in [-0.05, 0) is 26.3 Å². The molecule has 9 nitrogen and oxygen atoms in total. The Morgan fingerprint density at radius 3 is 2.80 bits per heavy atom. The maximum atomic E-state index is 13.0. The zero-order chi connectivity index (χ0) is 20.7. The fraction of sp³-hybridized carbons (Fsp3) is 0.714. The van der Waals surface area contributed by atoms with Gasteiger partial charge in [0.15, 0.2) is 0 Å². The third-order valence-electron chi connectivity index (χ3n) is 7.19. The zero-order valence-electron chi connectivity index (χ0n) is 18.0. The molecule has 2 fully saturated rings. The molecule has 2 aliphatic heterocycles. The number of rotatable bonds is 4. The van der Waals surface area contributed by atoms with Crippen LogP contribution < -0.4 is 5.32 Å². The van der Waals surface area contributed by atoms with Gasteiger partial charge in [0.2, 0.25) is 5.82 Å². The Hall–Kier alpha value is -2.26. The molecule has 1 N–H and O–H groups in total. The Balaban J connectivity index is 1.30. The maximum Gasteiger partial charge on any atom is 0.289 e. The quantitative estimate of drug-likeness (QED) is 0.812. The molecule has 5 rings (SSSR count). The average Bonchev–Trinajstić information content (AvgIpc) is 3.43. The van der Waals surface area contributed by atoms with Crippen molar-refractivity contribution in [2.45, 2.75) is 69.7 Å². The lowest BCUT2D eigenvalue weighted by atomic mass is 9.94. The van der Waals surface area contributed by atoms with Gasteiger partial charge in [-0.1, -0.05) is 19.3 Å². The molecule has 0 bridgehead atoms. The predicted molar refractivity (Wildman–Crippen MR) is 112 cm³/mol. The van der Waals surface area contributed by atoms with Crippen LogP contribution in [0.2, 0.25) is 0 Å². The molecule has 1 atom stereocenters. The number of carbonyl (C=O) groups is 1. The van der Waals surface area contributed by atoms with Crippen molar-refractivity contribution in [3.05, 3.63) is 29.6 Å². The highest BCUT2D eigenvalue weighted by molar-refractivity contribution is 5.91. The number of fused-ring (bicyclic) bond motifs is 1. The summed E-state index contributed by atoms with van der Waals surface area (Å²) < 4.78 is 3.93. The first-order valence-electron chi connectivity index (χ1n) is 11.2. The Labute approximate surface area is 177 Å². The highest BCUT2D eigenvalue weighted by Gasteiger charge is 2.46. The fourth-order valence-corrected chi connectivity index (χ4v) is 5.41. The molecule has 0 radical (unpaired) electrons. The van der Waals surface area contributed by atoms with E-state index < -0.39 is 0 Å². The lowest BCUT2D eigenvalue weighted by Crippen LogP contribution is -2.55. The van der Waals surface area contributed by atoms with Crippen LogP contribution >= 0.6 is 0 Å². The van der Waals surface area contributed by atoms with E-state index in [2.05, 4.69) is 48.2 Å². The molecule has 1 amide bonds. The number of nitrogens with one attached hydrogen (secondary N) is 1. The minimum absolute atomic E-state index is 0.0114. The molecule has 9 heteroatoms. The fourth-order valence-electron chi connectivity index (χ4n) is 5.41. The van der Waals surface area contributed by atoms with Gasteiger partial charge < -0.3 is 9.88 Å². The normalized spacial score (nSPS) is 25.7. The standard InChI is InChI=1S/C21H32N8O/c1-26-13-18-24-25-19(20(30)23-17-6-4-3-5-7-17)29(18)15-21(26)8-9-28(14-21)12-16-10-22-27(2)11-16/h10-11,17H,3-9,12-15H2,1-2H3,(H,23,30). The van der Waals surface area contributed by atoms with Gasteiger partial charge in [-0.2, -0.15) is 5.10 Å². The molecule has 1 spiro atoms. The third-order valence-corrected chi connectivity index (χ3v) is 7.19. The van der Waals surface area contributed by atoms with Crippen molar-refractivity contribution in [1.82, 2.24) is 39.7 Å². The van der Waals surface area contributed by atoms with Crippen LogP contribution in [-0.2, 0) is 26.7 Å². The summed E-state index contributed by atoms with van der Waals surface area (Å²) in [4.78, 5) is 17.9. The first kappa shape index (κ1) is 19.7. The smallest absolute Gasteiger partial charge is 0.289 e. The molecule has 2 aromatic rings. The van der Waals surface area contributed by atoms with Gasteiger partial charge in [-0.25, -0.2) is 0 Å². The van der Waals surface area contributed by atoms with Crippen LogP contribution in [0.3, 0.4) is 0 Å². The molecular formula is C21H32N8O. The van der Waals surface area contributed by atoms with Gasteiger partial charge in [0.05, 0.1) is 18.3 Å². The minimum atomic E-state index is -0.0643. The summed E-state index contributed by atoms with van der Waals surface area (Å²) in [6, 6.07) is 0.279. The van der Waals surface area contributed by atoms with Crippen molar-refractivity contribution in [2.75, 3.05) is 20.1 Å². The van der Waals surface area contributed by atoms with E-state index >= 15 is 0 Å². The summed E-state index contributed by atoms with van der Waals surface area (Å²) in [5.41, 5.74) is 1.25. The number of likely N-dealkylation sites (N-methyl/N-ethyl adjacent to an activating group) is 1. The van der Waals surface area contributed by atoms with Crippen LogP contribution in [0.25, 0.3) is 0 Å². The number of hydrogen-bond donors (Lipinski definition) is 1. The van der Waals surface area contributed by atoms with Gasteiger partial charge in [0.25, 0.3) is 5.91 Å². The van der Waals surface area contributed by atoms with Gasteiger partial charge in [-0.3, -0.25) is 19.3 Å². The van der Waals surface area contributed by atoms with Crippen LogP contribution in [0.5, 0.6) is 0 Å². The monoisotopic (exact) mass is 412 g/mol. The topological polar surface area (TPSA) is 84.1 Å². The van der Waals surface area contributed by atoms with Crippen LogP contribution in [0.1, 0.15) is 60.5 Å². The van der Waals surface area contributed by atoms with E-state index in [9.17, 15) is 4.79 Å². The van der Waals surface area contributed by atoms with E-state index in [4.69, 9.17) is 0 Å². The molecule has 1 saturated carbocycles. The highest BCUT2D eigenvalue weighted by Crippen LogP contribution is 2.34. The number of carbonyl (C=O) groups excluding carboxylic acids is 1. The Kier molecular flexibility index (Phi) is 5.10. The summed E-state index contributed by atoms with van der Waals surface area (Å²) in [5.74, 6) is 1.31. The van der Waals surface area contributed by atoms with Crippen LogP contribution in [-0.4, -0.2) is 72.0 Å². The lowest BCUT2D eigenvalue weighted by molar-refractivity contribution is 0.0646. The largest absolute Gasteiger partial charge is 0.347 e. The predicted octanol–water partition coefficient (Wildman–Crippen LogP) is 1.16. The molecule has 1 saturated heterocycles. The van der Waals surface area contributed by atoms with Crippen molar-refractivity contribution in [1.29, 1.82) is 0 Å². The van der Waals surface area contributed by atoms with E-state index in [0.29, 0.717) is 5.82 Å². The summed E-state index contributed by atoms with van der Waals surface area (Å²) in [6.07, 6.45) is 10.9. The first-order chi connectivity index (χ1) is 14.5. The zero-order valence-corrected chi connectivity index (χ0v) is 18.0. The van der Waals surface area contributed by atoms with Gasteiger partial charge in [-0.15, -0.1) is 10.2 Å². The summed E-state index contributed by atoms with van der Waals surface area (Å²) >= 11 is 0. The number of nitrogens with zero attached hydrogens (tertiary/aromatic N) is 7. The van der Waals surface area contributed by atoms with Gasteiger partial charge in [0.1, 0.15) is 5.82 Å². The third kappa shape index (κ3) is 3.65. The number of aromatic nitrogens is 5. The van der Waals surface area contributed by atoms with E-state index in [0.717, 1.165) is 57.8 Å². The highest BCUT2D eigenvalue weighted by atomic mass is 16.2. The number of hydrogen-bond acceptors (Lipinski definition) is 6. The molecule has 30 heavy (non-hydrogen) atoms. The molecular weight excluding hydrogens is 380 g/mol. The van der Waals surface area contributed by atoms with E-state index in [1.807, 2.05) is 17.9 Å². The minimum Gasteiger partial charge on any atom is -0.347 e. The Morgan fingerprint density at radius 2 is 2.03 bits per heavy atom. The second-order valence-corrected chi connectivity index (χ2v) is 9.40. The van der Waals surface area contributed by atoms with E-state index in [1.54, 1.807) is 0 Å². The van der Waals surface area contributed by atoms with E-state index in [1.165, 1.54) is 24.8 Å². The number of amides is 1. The molecule has 4 heterocycles. The van der Waals surface area contributed by atoms with Gasteiger partial charge in [0, 0.05) is 51.0 Å². The van der Waals surface area contributed by atoms with Crippen molar-refractivity contribution in [3.63, 3.8) is 0 Å². The average molecular weight is 413 g/mol. The summed E-state index contributed by atoms with van der Waals surface area (Å²) in [5, 5.41) is 16.1. The molecule has 162 valence electrons. The molecule has 3 aliphatic rings. The summed E-state index contributed by atoms with van der Waals surface area (Å²) in [7, 11) is 4.13. The van der Waals surface area contributed by atoms with Crippen molar-refractivity contribution in [3.8, 4) is 0 Å². The summed E-state index contributed by atoms with van der Waals surface area (Å²) in [6.45, 7) is 4.42. The van der Waals surface area contributed by atoms with Crippen LogP contribution in [0.4, 0.5) is 0 Å². The van der Waals surface area contributed by atoms with Crippen LogP contribution in [0, 0.1) is 0 Å². The second-order valence-electron chi connectivity index (χ2n) is 9.40. The molecule has 2 aromatic heterocycles. The van der Waals surface area contributed by atoms with Crippen LogP contribution in [0.15, 0.2) is 12.4 Å². The Morgan fingerprint density at radius 1 is 1.20 bits per heavy atom. The second kappa shape index (κ2) is 7.77. The Bertz CT molecular complexity index is 914. The molecule has 1 unspecified atom stereocenters. The SMILES string of the molecule is CN1Cc2nnc(C(=O)NC3CCCCC3)n2CC12CCN(Cc1cnn(C)c1)C2. The molecule has 0 aromatic carbocycles. The van der Waals surface area contributed by atoms with E-state index in [-0.39, 0.29) is 17.5 Å². The number of aryl methyl sites for hydroxylation is 1. The van der Waals surface area contributed by atoms with Crippen molar-refractivity contribution in [2.24, 2.45) is 7.05 Å².